The van der Waals surface area contributed by atoms with Crippen molar-refractivity contribution in [2.45, 2.75) is 33.6 Å². The molecule has 0 amide bonds. The maximum atomic E-state index is 10.3. The van der Waals surface area contributed by atoms with Crippen LogP contribution in [-0.2, 0) is 0 Å². The Balaban J connectivity index is 2.03. The molecule has 0 aliphatic carbocycles. The van der Waals surface area contributed by atoms with Gasteiger partial charge in [-0.25, -0.2) is 0 Å². The highest BCUT2D eigenvalue weighted by Crippen LogP contribution is 2.23. The summed E-state index contributed by atoms with van der Waals surface area (Å²) >= 11 is 0. The Kier molecular flexibility index (Phi) is 6.76. The minimum Gasteiger partial charge on any atom is -0.512 e. The third kappa shape index (κ3) is 4.88. The molecule has 0 unspecified atom stereocenters. The van der Waals surface area contributed by atoms with Crippen molar-refractivity contribution < 1.29 is 5.11 Å². The van der Waals surface area contributed by atoms with Crippen molar-refractivity contribution in [1.29, 1.82) is 0 Å². The summed E-state index contributed by atoms with van der Waals surface area (Å²) < 4.78 is 0. The van der Waals surface area contributed by atoms with Crippen molar-refractivity contribution in [3.63, 3.8) is 0 Å². The predicted molar refractivity (Wildman–Crippen MR) is 128 cm³/mol. The van der Waals surface area contributed by atoms with E-state index in [9.17, 15) is 5.11 Å². The molecule has 0 saturated heterocycles. The van der Waals surface area contributed by atoms with Crippen LogP contribution >= 0.6 is 0 Å². The van der Waals surface area contributed by atoms with E-state index in [0.29, 0.717) is 5.76 Å². The highest BCUT2D eigenvalue weighted by Gasteiger charge is 2.38. The Morgan fingerprint density at radius 2 is 1.07 bits per heavy atom. The van der Waals surface area contributed by atoms with Gasteiger partial charge in [0.25, 0.3) is 0 Å². The monoisotopic (exact) mass is 399 g/mol. The Morgan fingerprint density at radius 3 is 1.41 bits per heavy atom. The van der Waals surface area contributed by atoms with Gasteiger partial charge in [0, 0.05) is 5.41 Å². The van der Waals surface area contributed by atoms with Crippen LogP contribution in [0.3, 0.4) is 0 Å². The molecular weight excluding hydrogens is 368 g/mol. The first-order valence-electron chi connectivity index (χ1n) is 10.3. The Morgan fingerprint density at radius 1 is 0.690 bits per heavy atom. The molecule has 29 heavy (non-hydrogen) atoms. The fourth-order valence-electron chi connectivity index (χ4n) is 3.78. The summed E-state index contributed by atoms with van der Waals surface area (Å²) in [6.07, 6.45) is 3.74. The van der Waals surface area contributed by atoms with Crippen LogP contribution in [0.25, 0.3) is 0 Å². The molecule has 3 aromatic carbocycles. The van der Waals surface area contributed by atoms with Gasteiger partial charge in [0.2, 0.25) is 0 Å². The molecule has 0 heterocycles. The van der Waals surface area contributed by atoms with Gasteiger partial charge in [-0.1, -0.05) is 112 Å². The largest absolute Gasteiger partial charge is 0.512 e. The van der Waals surface area contributed by atoms with E-state index in [1.807, 2.05) is 26.8 Å². The number of hydrogen-bond acceptors (Lipinski definition) is 1. The molecule has 0 aliphatic rings. The van der Waals surface area contributed by atoms with Gasteiger partial charge in [-0.2, -0.15) is 0 Å². The Labute approximate surface area is 176 Å². The molecule has 3 aromatic rings. The number of aliphatic hydroxyl groups is 1. The third-order valence-corrected chi connectivity index (χ3v) is 10.0. The second kappa shape index (κ2) is 9.28. The molecule has 0 aromatic heterocycles. The molecule has 0 saturated carbocycles. The van der Waals surface area contributed by atoms with Gasteiger partial charge in [-0.3, -0.25) is 0 Å². The molecule has 1 radical (unpaired) electrons. The first kappa shape index (κ1) is 21.1. The van der Waals surface area contributed by atoms with Crippen molar-refractivity contribution >= 4 is 23.6 Å². The molecule has 1 nitrogen and oxygen atoms in total. The summed E-state index contributed by atoms with van der Waals surface area (Å²) in [5.41, 5.74) is -0.202. The Bertz CT molecular complexity index is 812. The van der Waals surface area contributed by atoms with E-state index in [1.54, 1.807) is 0 Å². The van der Waals surface area contributed by atoms with Gasteiger partial charge in [0.15, 0.2) is 8.07 Å². The number of unbranched alkanes of at least 4 members (excludes halogenated alkanes) is 1. The lowest BCUT2D eigenvalue weighted by atomic mass is 9.93. The fraction of sp³-hybridized carbons (Fsp3) is 0.222. The van der Waals surface area contributed by atoms with Gasteiger partial charge in [0.05, 0.1) is 5.76 Å². The highest BCUT2D eigenvalue weighted by molar-refractivity contribution is 7.13. The molecule has 0 bridgehead atoms. The average Bonchev–Trinajstić information content (AvgIpc) is 2.75. The highest BCUT2D eigenvalue weighted by atomic mass is 28.3. The molecule has 1 N–H and O–H groups in total. The molecule has 0 fully saturated rings. The van der Waals surface area contributed by atoms with Gasteiger partial charge in [0.1, 0.15) is 0 Å². The van der Waals surface area contributed by atoms with Crippen molar-refractivity contribution in [2.24, 2.45) is 5.41 Å². The summed E-state index contributed by atoms with van der Waals surface area (Å²) in [5.74, 6) is 0.470. The summed E-state index contributed by atoms with van der Waals surface area (Å²) in [7, 11) is -2.28. The second-order valence-corrected chi connectivity index (χ2v) is 12.3. The van der Waals surface area contributed by atoms with Crippen LogP contribution in [0.1, 0.15) is 33.6 Å². The van der Waals surface area contributed by atoms with Gasteiger partial charge < -0.3 is 5.11 Å². The number of allylic oxidation sites excluding steroid dienone is 2. The average molecular weight is 400 g/mol. The van der Waals surface area contributed by atoms with Gasteiger partial charge in [-0.05, 0) is 40.5 Å². The minimum atomic E-state index is -2.28. The zero-order valence-corrected chi connectivity index (χ0v) is 18.7. The van der Waals surface area contributed by atoms with E-state index in [1.165, 1.54) is 15.6 Å². The van der Waals surface area contributed by atoms with E-state index in [2.05, 4.69) is 97.0 Å². The predicted octanol–water partition coefficient (Wildman–Crippen LogP) is 5.17. The van der Waals surface area contributed by atoms with E-state index >= 15 is 0 Å². The van der Waals surface area contributed by atoms with Crippen LogP contribution < -0.4 is 15.6 Å². The summed E-state index contributed by atoms with van der Waals surface area (Å²) in [6, 6.07) is 35.3. The van der Waals surface area contributed by atoms with Gasteiger partial charge >= 0.3 is 0 Å². The third-order valence-electron chi connectivity index (χ3n) is 5.41. The van der Waals surface area contributed by atoms with Crippen molar-refractivity contribution in [2.75, 3.05) is 0 Å². The molecular formula is C27H31OSi. The topological polar surface area (TPSA) is 20.2 Å². The zero-order valence-electron chi connectivity index (χ0n) is 17.7. The lowest BCUT2D eigenvalue weighted by Gasteiger charge is -2.33. The zero-order chi connectivity index (χ0) is 20.7. The van der Waals surface area contributed by atoms with E-state index < -0.39 is 8.07 Å². The summed E-state index contributed by atoms with van der Waals surface area (Å²) in [5, 5.41) is 14.5. The van der Waals surface area contributed by atoms with E-state index in [4.69, 9.17) is 0 Å². The normalized spacial score (nSPS) is 12.7. The summed E-state index contributed by atoms with van der Waals surface area (Å²) in [4.78, 5) is 0. The van der Waals surface area contributed by atoms with Crippen LogP contribution in [0.2, 0.25) is 0 Å². The van der Waals surface area contributed by atoms with Crippen molar-refractivity contribution in [3.8, 4) is 0 Å². The van der Waals surface area contributed by atoms with E-state index in [-0.39, 0.29) is 5.41 Å². The molecule has 3 rings (SSSR count). The summed E-state index contributed by atoms with van der Waals surface area (Å²) in [6.45, 7) is 6.12. The molecule has 2 heteroatoms. The molecule has 0 atom stereocenters. The van der Waals surface area contributed by atoms with Crippen LogP contribution in [0.4, 0.5) is 0 Å². The van der Waals surface area contributed by atoms with Crippen molar-refractivity contribution in [3.05, 3.63) is 109 Å². The van der Waals surface area contributed by atoms with Gasteiger partial charge in [-0.15, -0.1) is 0 Å². The van der Waals surface area contributed by atoms with Crippen LogP contribution in [0.15, 0.2) is 103 Å². The first-order valence-corrected chi connectivity index (χ1v) is 12.4. The number of rotatable bonds is 7. The molecule has 149 valence electrons. The quantitative estimate of drug-likeness (QED) is 0.251. The molecule has 0 aliphatic heterocycles. The smallest absolute Gasteiger partial charge is 0.151 e. The van der Waals surface area contributed by atoms with Crippen LogP contribution in [-0.4, -0.2) is 13.2 Å². The maximum absolute atomic E-state index is 10.3. The van der Waals surface area contributed by atoms with Crippen LogP contribution in [0.5, 0.6) is 0 Å². The fourth-order valence-corrected chi connectivity index (χ4v) is 8.24. The Hall–Kier alpha value is -2.58. The molecule has 0 spiro atoms. The number of aliphatic hydroxyl groups excluding tert-OH is 1. The number of hydrogen-bond donors (Lipinski definition) is 1. The standard InChI is InChI=1S/C27H31OSi/c1-27(2,3)26(28)21-13-14-22-29(23-15-7-4-8-16-23,24-17-9-5-10-18-24)25-19-11-6-12-20-25/h4-12,15-22,28H,13-14H2,1-3H3/b26-21-. The lowest BCUT2D eigenvalue weighted by Crippen LogP contribution is -2.67. The van der Waals surface area contributed by atoms with Crippen LogP contribution in [0, 0.1) is 11.5 Å². The first-order chi connectivity index (χ1) is 13.9. The second-order valence-electron chi connectivity index (χ2n) is 8.53. The maximum Gasteiger partial charge on any atom is 0.151 e. The minimum absolute atomic E-state index is 0.202. The SMILES string of the molecule is CC(C)(C)/C(O)=C/CC[CH][Si](c1ccccc1)(c1ccccc1)c1ccccc1. The number of benzene rings is 3. The van der Waals surface area contributed by atoms with E-state index in [0.717, 1.165) is 12.8 Å². The van der Waals surface area contributed by atoms with Crippen molar-refractivity contribution in [1.82, 2.24) is 0 Å². The lowest BCUT2D eigenvalue weighted by molar-refractivity contribution is 0.275.